The first kappa shape index (κ1) is 97.6. The van der Waals surface area contributed by atoms with Gasteiger partial charge in [-0.3, -0.25) is 24.0 Å². The van der Waals surface area contributed by atoms with Gasteiger partial charge in [0.1, 0.15) is 53.5 Å². The van der Waals surface area contributed by atoms with Gasteiger partial charge in [0.15, 0.2) is 17.0 Å². The first-order chi connectivity index (χ1) is 60.8. The topological polar surface area (TPSA) is 450 Å². The lowest BCUT2D eigenvalue weighted by Gasteiger charge is -2.42. The quantitative estimate of drug-likeness (QED) is 0.00946. The number of Topliss-reactive ketones (excluding diaryl/α,β-unsaturated/α-hetero) is 3. The van der Waals surface area contributed by atoms with Crippen molar-refractivity contribution in [1.82, 2.24) is 49.5 Å². The highest BCUT2D eigenvalue weighted by atomic mass is 16.6. The van der Waals surface area contributed by atoms with E-state index in [4.69, 9.17) is 78.8 Å². The summed E-state index contributed by atoms with van der Waals surface area (Å²) in [7, 11) is 3.20. The van der Waals surface area contributed by atoms with Crippen molar-refractivity contribution in [2.75, 3.05) is 125 Å². The maximum absolute atomic E-state index is 14.7. The Morgan fingerprint density at radius 3 is 2.20 bits per heavy atom. The number of nitrogen functional groups attached to an aromatic ring is 2. The molecule has 5 aliphatic rings. The zero-order chi connectivity index (χ0) is 89.8. The third kappa shape index (κ3) is 27.3. The summed E-state index contributed by atoms with van der Waals surface area (Å²) < 4.78 is 74.0. The van der Waals surface area contributed by atoms with E-state index >= 15 is 0 Å². The Bertz CT molecular complexity index is 4680. The van der Waals surface area contributed by atoms with Gasteiger partial charge in [-0.1, -0.05) is 87.6 Å². The number of ketones is 3. The number of unbranched alkanes of at least 4 members (excludes halogenated alkanes) is 1. The van der Waals surface area contributed by atoms with E-state index in [9.17, 15) is 44.1 Å². The van der Waals surface area contributed by atoms with E-state index in [-0.39, 0.29) is 73.8 Å². The number of hydrogen-bond acceptors (Lipinski definition) is 30. The molecule has 0 spiro atoms. The predicted molar refractivity (Wildman–Crippen MR) is 467 cm³/mol. The van der Waals surface area contributed by atoms with Crippen molar-refractivity contribution in [3.8, 4) is 11.3 Å². The van der Waals surface area contributed by atoms with Gasteiger partial charge in [0, 0.05) is 88.9 Å². The molecular formula is C92H131N13O21. The number of amides is 2. The molecule has 2 aromatic carbocycles. The summed E-state index contributed by atoms with van der Waals surface area (Å²) >= 11 is 0. The Morgan fingerprint density at radius 1 is 0.738 bits per heavy atom. The second-order valence-electron chi connectivity index (χ2n) is 34.1. The van der Waals surface area contributed by atoms with E-state index in [1.54, 1.807) is 45.7 Å². The van der Waals surface area contributed by atoms with Crippen LogP contribution >= 0.6 is 0 Å². The van der Waals surface area contributed by atoms with Crippen LogP contribution in [0.15, 0.2) is 101 Å². The Morgan fingerprint density at radius 2 is 1.47 bits per heavy atom. The average Bonchev–Trinajstić information content (AvgIpc) is 1.63. The van der Waals surface area contributed by atoms with Crippen molar-refractivity contribution < 1.29 is 101 Å². The molecule has 6 aromatic rings. The Kier molecular flexibility index (Phi) is 37.5. The predicted octanol–water partition coefficient (Wildman–Crippen LogP) is 8.09. The lowest BCUT2D eigenvalue weighted by Crippen LogP contribution is -2.61. The molecule has 34 nitrogen and oxygen atoms in total. The number of rotatable bonds is 35. The highest BCUT2D eigenvalue weighted by Gasteiger charge is 2.53. The summed E-state index contributed by atoms with van der Waals surface area (Å²) in [5.41, 5.74) is 27.7. The van der Waals surface area contributed by atoms with Crippen molar-refractivity contribution in [2.45, 2.75) is 231 Å². The normalized spacial score (nSPS) is 26.5. The lowest BCUT2D eigenvalue weighted by atomic mass is 9.80. The molecular weight excluding hydrogens is 1620 g/mol. The van der Waals surface area contributed by atoms with Gasteiger partial charge < -0.3 is 98.8 Å². The van der Waals surface area contributed by atoms with Crippen LogP contribution in [0, 0.1) is 29.6 Å². The van der Waals surface area contributed by atoms with Gasteiger partial charge in [0.05, 0.1) is 134 Å². The van der Waals surface area contributed by atoms with E-state index in [2.05, 4.69) is 43.5 Å². The highest BCUT2D eigenvalue weighted by Crippen LogP contribution is 2.39. The van der Waals surface area contributed by atoms with E-state index in [0.717, 1.165) is 52.1 Å². The number of piperidine rings is 1. The number of aliphatic hydroxyl groups is 3. The minimum absolute atomic E-state index is 0.0255. The number of anilines is 2. The van der Waals surface area contributed by atoms with Crippen LogP contribution in [0.2, 0.25) is 0 Å². The molecule has 2 amide bonds. The van der Waals surface area contributed by atoms with Crippen LogP contribution in [0.4, 0.5) is 11.8 Å². The number of aromatic nitrogens is 8. The van der Waals surface area contributed by atoms with E-state index in [1.165, 1.54) is 24.9 Å². The number of ether oxygens (including phenoxy) is 11. The van der Waals surface area contributed by atoms with Gasteiger partial charge in [-0.25, -0.2) is 24.1 Å². The van der Waals surface area contributed by atoms with Gasteiger partial charge >= 0.3 is 5.97 Å². The second-order valence-corrected chi connectivity index (χ2v) is 34.1. The molecule has 9 N–H and O–H groups in total. The molecule has 1 aliphatic carbocycles. The number of aryl methyl sites for hydroxylation is 1. The molecule has 3 fully saturated rings. The van der Waals surface area contributed by atoms with Crippen molar-refractivity contribution in [3.63, 3.8) is 0 Å². The molecule has 690 valence electrons. The third-order valence-electron chi connectivity index (χ3n) is 24.7. The highest BCUT2D eigenvalue weighted by molar-refractivity contribution is 6.39. The fourth-order valence-corrected chi connectivity index (χ4v) is 17.3. The summed E-state index contributed by atoms with van der Waals surface area (Å²) in [4.78, 5) is 101. The van der Waals surface area contributed by atoms with E-state index in [0.29, 0.717) is 210 Å². The van der Waals surface area contributed by atoms with Gasteiger partial charge in [-0.05, 0) is 162 Å². The van der Waals surface area contributed by atoms with Gasteiger partial charge in [-0.2, -0.15) is 10.1 Å². The van der Waals surface area contributed by atoms with E-state index in [1.807, 2.05) is 72.1 Å². The van der Waals surface area contributed by atoms with Crippen molar-refractivity contribution in [3.05, 3.63) is 119 Å². The monoisotopic (exact) mass is 1750 g/mol. The number of allylic oxidation sites excluding steroid dienone is 6. The molecule has 1 saturated carbocycles. The Balaban J connectivity index is 0.529. The van der Waals surface area contributed by atoms with Crippen LogP contribution < -0.4 is 17.2 Å². The average molecular weight is 1760 g/mol. The Hall–Kier alpha value is -8.98. The molecule has 8 heterocycles. The molecule has 0 unspecified atom stereocenters. The van der Waals surface area contributed by atoms with Gasteiger partial charge in [-0.15, -0.1) is 5.10 Å². The van der Waals surface area contributed by atoms with Crippen molar-refractivity contribution >= 4 is 69.1 Å². The Labute approximate surface area is 736 Å². The molecule has 11 rings (SSSR count). The summed E-state index contributed by atoms with van der Waals surface area (Å²) in [5.74, 6) is -8.53. The van der Waals surface area contributed by atoms with Crippen molar-refractivity contribution in [1.29, 1.82) is 0 Å². The smallest absolute Gasteiger partial charge is 0.329 e. The van der Waals surface area contributed by atoms with E-state index < -0.39 is 95.4 Å². The minimum atomic E-state index is -2.49. The van der Waals surface area contributed by atoms with Crippen LogP contribution in [0.25, 0.3) is 33.4 Å². The minimum Gasteiger partial charge on any atom is -0.459 e. The number of cyclic esters (lactones) is 1. The molecule has 0 radical (unpaired) electrons. The maximum Gasteiger partial charge on any atom is 0.329 e. The van der Waals surface area contributed by atoms with Crippen molar-refractivity contribution in [2.24, 2.45) is 35.3 Å². The molecule has 4 aromatic heterocycles. The SMILES string of the molecule is CO[C@H]1C[C@@H]2CC[C@@H](C)[C@@](O)(O2)C(=O)C(=O)N2CCCC[C@H]2C(=O)O[C@H]([C@H](N)C[C@@H]2CC[C@@H](OCCCCc3cn(CCOCCOCCOCCOCCOCCOCCC(=O)N4CCc5cc(Cn6nc(-c7ccc8oc(N)nc8c7)c7c(N)ncnc76)ccc5C4)nn3)[C@H](OC)C2)CC(=O)[C@H](C)/C=C(\C)[C@@H](O)[C@@H](O)C(=O)[C@H](C)C[C@H](C)/C=C/C=CC=C1C. The first-order valence-electron chi connectivity index (χ1n) is 44.7. The lowest BCUT2D eigenvalue weighted by molar-refractivity contribution is -0.265. The van der Waals surface area contributed by atoms with Gasteiger partial charge in [0.2, 0.25) is 11.7 Å². The molecule has 4 aliphatic heterocycles. The first-order valence-corrected chi connectivity index (χ1v) is 44.7. The van der Waals surface area contributed by atoms with Crippen LogP contribution in [-0.4, -0.2) is 274 Å². The number of aliphatic hydroxyl groups excluding tert-OH is 2. The molecule has 126 heavy (non-hydrogen) atoms. The summed E-state index contributed by atoms with van der Waals surface area (Å²) in [6.07, 6.45) is 16.0. The molecule has 2 saturated heterocycles. The number of carbonyl (C=O) groups is 6. The number of methoxy groups -OCH3 is 2. The van der Waals surface area contributed by atoms with Gasteiger partial charge in [0.25, 0.3) is 17.7 Å². The fraction of sp³-hybridized carbons (Fsp3) is 0.630. The maximum atomic E-state index is 14.7. The number of esters is 1. The second kappa shape index (κ2) is 48.4. The third-order valence-corrected chi connectivity index (χ3v) is 24.7. The number of nitrogens with two attached hydrogens (primary N) is 3. The standard InChI is InChI=1S/C92H131N13O21/c1-58-16-10-9-11-17-59(2)77(115-7)52-70-25-20-63(6)92(114,126-70)86(111)89(112)104-30-14-12-19-73(104)90(113)124-78(53-74(106)60(3)47-62(5)84(109)85(110)83(108)61(4)46-58)71(93)49-64-22-26-76(79(50-64)116-8)123-33-15-13-18-69-56-103(101-99-69)32-35-118-37-39-120-41-43-122-45-44-121-42-40-119-38-36-117-34-29-80(107)102-31-28-66-48-65(21-23-68(66)55-102)54-105-88-81(87(94)96-57-97-88)82(100-105)67-24-27-75-72(51-67)98-91(95)125-75/h9-11,16-17,21,23-24,27,47-48,51,56-58,60-61,63-64,70-71,73,76-79,84-85,109-110,114H,12-15,18-20,22,25-26,28-46,49-50,52-55,93H2,1-8H3,(H2,95,98)(H2,94,96,97)/b11-9?,16-10+,59-17?,62-47+/t58-,60-,61-,63-,64+,70+,71-,73+,76-,77+,78+,79-,84-,85+,92-/m1/s1. The molecule has 2 bridgehead atoms. The van der Waals surface area contributed by atoms with Crippen LogP contribution in [-0.2, 0) is 113 Å². The number of hydrogen-bond donors (Lipinski definition) is 6. The van der Waals surface area contributed by atoms with Crippen LogP contribution in [0.5, 0.6) is 0 Å². The number of fused-ring (bicyclic) bond motifs is 6. The number of carbonyl (C=O) groups excluding carboxylic acids is 6. The largest absolute Gasteiger partial charge is 0.459 e. The number of benzene rings is 2. The summed E-state index contributed by atoms with van der Waals surface area (Å²) in [6.45, 7) is 17.8. The zero-order valence-corrected chi connectivity index (χ0v) is 74.3. The number of nitrogens with zero attached hydrogens (tertiary/aromatic N) is 10. The van der Waals surface area contributed by atoms with Crippen LogP contribution in [0.3, 0.4) is 0 Å². The summed E-state index contributed by atoms with van der Waals surface area (Å²) in [6, 6.07) is 9.80. The number of oxazole rings is 1. The van der Waals surface area contributed by atoms with Crippen LogP contribution in [0.1, 0.15) is 160 Å². The zero-order valence-electron chi connectivity index (χ0n) is 74.3. The summed E-state index contributed by atoms with van der Waals surface area (Å²) in [5, 5.41) is 48.9. The molecule has 34 heteroatoms. The molecule has 15 atom stereocenters. The fourth-order valence-electron chi connectivity index (χ4n) is 17.3.